The van der Waals surface area contributed by atoms with Crippen LogP contribution in [-0.4, -0.2) is 47.7 Å². The van der Waals surface area contributed by atoms with Gasteiger partial charge in [-0.15, -0.1) is 12.4 Å². The van der Waals surface area contributed by atoms with Gasteiger partial charge >= 0.3 is 0 Å². The highest BCUT2D eigenvalue weighted by molar-refractivity contribution is 5.85. The molecule has 4 nitrogen and oxygen atoms in total. The van der Waals surface area contributed by atoms with Crippen LogP contribution in [0.1, 0.15) is 0 Å². The Morgan fingerprint density at radius 3 is 1.40 bits per heavy atom. The lowest BCUT2D eigenvalue weighted by Crippen LogP contribution is -2.52. The molecule has 0 unspecified atom stereocenters. The average Bonchev–Trinajstić information content (AvgIpc) is 1.95. The Balaban J connectivity index is 0. The largest absolute Gasteiger partial charge is 0.394 e. The quantitative estimate of drug-likeness (QED) is 0.409. The summed E-state index contributed by atoms with van der Waals surface area (Å²) in [4.78, 5) is 0. The molecule has 0 spiro atoms. The first-order valence-corrected chi connectivity index (χ1v) is 2.76. The fourth-order valence-electron chi connectivity index (χ4n) is 0.387. The van der Waals surface area contributed by atoms with Gasteiger partial charge in [0.25, 0.3) is 0 Å². The molecule has 0 aromatic carbocycles. The first kappa shape index (κ1) is 12.8. The number of aliphatic hydroxyl groups is 3. The fraction of sp³-hybridized carbons (Fsp3) is 1.00. The van der Waals surface area contributed by atoms with Gasteiger partial charge in [-0.25, -0.2) is 0 Å². The maximum atomic E-state index is 8.59. The summed E-state index contributed by atoms with van der Waals surface area (Å²) in [5.74, 6) is 0. The molecule has 0 aliphatic carbocycles. The summed E-state index contributed by atoms with van der Waals surface area (Å²) in [7, 11) is 1.57. The summed E-state index contributed by atoms with van der Waals surface area (Å²) in [6.45, 7) is -0.802. The zero-order valence-corrected chi connectivity index (χ0v) is 6.69. The highest BCUT2D eigenvalue weighted by Crippen LogP contribution is 1.98. The molecule has 0 aromatic rings. The molecule has 0 heterocycles. The van der Waals surface area contributed by atoms with Crippen molar-refractivity contribution in [2.45, 2.75) is 5.54 Å². The van der Waals surface area contributed by atoms with Crippen LogP contribution in [0.5, 0.6) is 0 Å². The predicted octanol–water partition coefficient (Wildman–Crippen LogP) is -1.66. The van der Waals surface area contributed by atoms with Crippen LogP contribution in [0, 0.1) is 0 Å². The van der Waals surface area contributed by atoms with Crippen LogP contribution in [0.3, 0.4) is 0 Å². The number of rotatable bonds is 4. The van der Waals surface area contributed by atoms with E-state index in [1.165, 1.54) is 0 Å². The zero-order chi connectivity index (χ0) is 7.33. The molecule has 0 aliphatic rings. The molecule has 0 aliphatic heterocycles. The minimum absolute atomic E-state index is 0. The van der Waals surface area contributed by atoms with Gasteiger partial charge < -0.3 is 20.6 Å². The maximum absolute atomic E-state index is 8.59. The van der Waals surface area contributed by atoms with E-state index in [0.29, 0.717) is 0 Å². The third-order valence-electron chi connectivity index (χ3n) is 1.44. The summed E-state index contributed by atoms with van der Waals surface area (Å²) in [6, 6.07) is 0. The van der Waals surface area contributed by atoms with Crippen molar-refractivity contribution in [1.29, 1.82) is 0 Å². The number of aliphatic hydroxyl groups excluding tert-OH is 3. The van der Waals surface area contributed by atoms with Crippen LogP contribution in [-0.2, 0) is 0 Å². The van der Waals surface area contributed by atoms with Crippen LogP contribution in [0.4, 0.5) is 0 Å². The summed E-state index contributed by atoms with van der Waals surface area (Å²) >= 11 is 0. The second-order valence-electron chi connectivity index (χ2n) is 2.00. The SMILES string of the molecule is CNC(CO)(CO)CO.Cl. The van der Waals surface area contributed by atoms with Crippen molar-refractivity contribution in [2.24, 2.45) is 0 Å². The van der Waals surface area contributed by atoms with Crippen molar-refractivity contribution in [2.75, 3.05) is 26.9 Å². The van der Waals surface area contributed by atoms with E-state index in [1.54, 1.807) is 7.05 Å². The first-order chi connectivity index (χ1) is 4.24. The smallest absolute Gasteiger partial charge is 0.0879 e. The molecule has 0 rings (SSSR count). The van der Waals surface area contributed by atoms with E-state index in [2.05, 4.69) is 5.32 Å². The van der Waals surface area contributed by atoms with E-state index in [4.69, 9.17) is 15.3 Å². The molecule has 64 valence electrons. The molecule has 10 heavy (non-hydrogen) atoms. The van der Waals surface area contributed by atoms with Crippen LogP contribution < -0.4 is 5.32 Å². The van der Waals surface area contributed by atoms with Crippen LogP contribution in [0.2, 0.25) is 0 Å². The molecule has 0 radical (unpaired) electrons. The molecule has 0 aromatic heterocycles. The Hall–Kier alpha value is 0.130. The molecule has 0 atom stereocenters. The normalized spacial score (nSPS) is 10.8. The van der Waals surface area contributed by atoms with Gasteiger partial charge in [-0.1, -0.05) is 0 Å². The molecular weight excluding hydrogens is 158 g/mol. The number of hydrogen-bond acceptors (Lipinski definition) is 4. The third kappa shape index (κ3) is 2.81. The average molecular weight is 172 g/mol. The Bertz CT molecular complexity index is 59.8. The summed E-state index contributed by atoms with van der Waals surface area (Å²) in [5, 5.41) is 28.4. The van der Waals surface area contributed by atoms with E-state index >= 15 is 0 Å². The second kappa shape index (κ2) is 5.88. The number of halogens is 1. The van der Waals surface area contributed by atoms with Crippen molar-refractivity contribution in [1.82, 2.24) is 5.32 Å². The van der Waals surface area contributed by atoms with Crippen molar-refractivity contribution in [3.63, 3.8) is 0 Å². The molecule has 0 bridgehead atoms. The zero-order valence-electron chi connectivity index (χ0n) is 5.87. The topological polar surface area (TPSA) is 72.7 Å². The number of hydrogen-bond donors (Lipinski definition) is 4. The third-order valence-corrected chi connectivity index (χ3v) is 1.44. The van der Waals surface area contributed by atoms with Crippen molar-refractivity contribution in [3.05, 3.63) is 0 Å². The van der Waals surface area contributed by atoms with Gasteiger partial charge in [-0.2, -0.15) is 0 Å². The van der Waals surface area contributed by atoms with Gasteiger partial charge in [0.1, 0.15) is 0 Å². The lowest BCUT2D eigenvalue weighted by atomic mass is 10.1. The van der Waals surface area contributed by atoms with Crippen LogP contribution >= 0.6 is 12.4 Å². The molecule has 5 heteroatoms. The maximum Gasteiger partial charge on any atom is 0.0879 e. The lowest BCUT2D eigenvalue weighted by Gasteiger charge is -2.26. The molecule has 0 fully saturated rings. The predicted molar refractivity (Wildman–Crippen MR) is 40.3 cm³/mol. The highest BCUT2D eigenvalue weighted by Gasteiger charge is 2.24. The Morgan fingerprint density at radius 2 is 1.40 bits per heavy atom. The van der Waals surface area contributed by atoms with Gasteiger partial charge in [-0.05, 0) is 7.05 Å². The summed E-state index contributed by atoms with van der Waals surface area (Å²) in [6.07, 6.45) is 0. The van der Waals surface area contributed by atoms with Gasteiger partial charge in [0.05, 0.1) is 25.4 Å². The number of nitrogens with one attached hydrogen (secondary N) is 1. The van der Waals surface area contributed by atoms with Gasteiger partial charge in [0.15, 0.2) is 0 Å². The molecule has 0 amide bonds. The highest BCUT2D eigenvalue weighted by atomic mass is 35.5. The number of likely N-dealkylation sites (N-methyl/N-ethyl adjacent to an activating group) is 1. The second-order valence-corrected chi connectivity index (χ2v) is 2.00. The fourth-order valence-corrected chi connectivity index (χ4v) is 0.387. The van der Waals surface area contributed by atoms with Crippen molar-refractivity contribution < 1.29 is 15.3 Å². The van der Waals surface area contributed by atoms with Gasteiger partial charge in [0.2, 0.25) is 0 Å². The molecular formula is C5H14ClNO3. The van der Waals surface area contributed by atoms with E-state index in [0.717, 1.165) is 0 Å². The van der Waals surface area contributed by atoms with E-state index in [1.807, 2.05) is 0 Å². The molecule has 0 saturated heterocycles. The lowest BCUT2D eigenvalue weighted by molar-refractivity contribution is 0.0481. The standard InChI is InChI=1S/C5H13NO3.ClH/c1-6-5(2-7,3-8)4-9;/h6-9H,2-4H2,1H3;1H. The Morgan fingerprint density at radius 1 is 1.10 bits per heavy atom. The van der Waals surface area contributed by atoms with E-state index in [9.17, 15) is 0 Å². The molecule has 0 saturated carbocycles. The Labute approximate surface area is 66.3 Å². The summed E-state index contributed by atoms with van der Waals surface area (Å²) < 4.78 is 0. The minimum atomic E-state index is -0.917. The first-order valence-electron chi connectivity index (χ1n) is 2.76. The van der Waals surface area contributed by atoms with Gasteiger partial charge in [-0.3, -0.25) is 0 Å². The summed E-state index contributed by atoms with van der Waals surface area (Å²) in [5.41, 5.74) is -0.917. The Kier molecular flexibility index (Phi) is 7.51. The van der Waals surface area contributed by atoms with Crippen molar-refractivity contribution >= 4 is 12.4 Å². The van der Waals surface area contributed by atoms with Gasteiger partial charge in [0, 0.05) is 0 Å². The minimum Gasteiger partial charge on any atom is -0.394 e. The van der Waals surface area contributed by atoms with E-state index < -0.39 is 5.54 Å². The van der Waals surface area contributed by atoms with Crippen molar-refractivity contribution in [3.8, 4) is 0 Å². The van der Waals surface area contributed by atoms with E-state index in [-0.39, 0.29) is 32.2 Å². The van der Waals surface area contributed by atoms with Crippen LogP contribution in [0.15, 0.2) is 0 Å². The van der Waals surface area contributed by atoms with Crippen LogP contribution in [0.25, 0.3) is 0 Å². The molecule has 4 N–H and O–H groups in total. The monoisotopic (exact) mass is 171 g/mol.